The molecule has 165 valence electrons. The van der Waals surface area contributed by atoms with Crippen molar-refractivity contribution < 1.29 is 9.47 Å². The van der Waals surface area contributed by atoms with Crippen LogP contribution in [0.3, 0.4) is 0 Å². The van der Waals surface area contributed by atoms with Gasteiger partial charge in [-0.3, -0.25) is 0 Å². The van der Waals surface area contributed by atoms with Crippen LogP contribution >= 0.6 is 0 Å². The van der Waals surface area contributed by atoms with E-state index in [4.69, 9.17) is 24.9 Å². The summed E-state index contributed by atoms with van der Waals surface area (Å²) in [6.07, 6.45) is 5.61. The van der Waals surface area contributed by atoms with E-state index in [1.807, 2.05) is 18.2 Å². The molecular formula is C24H24InN6O2. The van der Waals surface area contributed by atoms with Crippen LogP contribution in [-0.2, 0) is 11.2 Å². The number of hydrogen-bond acceptors (Lipinski definition) is 8. The number of allylic oxidation sites excluding steroid dienone is 1. The molecule has 1 N–H and O–H groups in total. The Labute approximate surface area is 204 Å². The Balaban J connectivity index is 1.50. The van der Waals surface area contributed by atoms with E-state index in [2.05, 4.69) is 42.9 Å². The maximum absolute atomic E-state index is 8.10. The van der Waals surface area contributed by atoms with Crippen molar-refractivity contribution >= 4 is 44.2 Å². The predicted octanol–water partition coefficient (Wildman–Crippen LogP) is 2.38. The number of morpholine rings is 1. The monoisotopic (exact) mass is 543 g/mol. The van der Waals surface area contributed by atoms with Gasteiger partial charge in [-0.25, -0.2) is 0 Å². The number of anilines is 2. The summed E-state index contributed by atoms with van der Waals surface area (Å²) in [6, 6.07) is 14.3. The average Bonchev–Trinajstić information content (AvgIpc) is 3.30. The number of benzene rings is 1. The van der Waals surface area contributed by atoms with Gasteiger partial charge in [0.1, 0.15) is 0 Å². The molecule has 33 heavy (non-hydrogen) atoms. The van der Waals surface area contributed by atoms with Crippen LogP contribution in [0.1, 0.15) is 5.56 Å². The van der Waals surface area contributed by atoms with Gasteiger partial charge in [-0.1, -0.05) is 0 Å². The topological polar surface area (TPSA) is 87.5 Å². The van der Waals surface area contributed by atoms with Crippen molar-refractivity contribution in [2.24, 2.45) is 0 Å². The number of rotatable bonds is 7. The summed E-state index contributed by atoms with van der Waals surface area (Å²) in [4.78, 5) is 18.2. The van der Waals surface area contributed by atoms with Crippen LogP contribution in [-0.4, -0.2) is 76.9 Å². The average molecular weight is 543 g/mol. The van der Waals surface area contributed by atoms with E-state index in [9.17, 15) is 0 Å². The molecule has 4 heterocycles. The predicted molar refractivity (Wildman–Crippen MR) is 129 cm³/mol. The van der Waals surface area contributed by atoms with Gasteiger partial charge < -0.3 is 0 Å². The molecule has 3 aromatic rings. The Morgan fingerprint density at radius 2 is 1.91 bits per heavy atom. The number of nitrogens with one attached hydrogen (secondary N) is 1. The first kappa shape index (κ1) is 21.9. The molecule has 1 aromatic carbocycles. The number of aromatic nitrogens is 3. The van der Waals surface area contributed by atoms with Gasteiger partial charge in [0.15, 0.2) is 0 Å². The quantitative estimate of drug-likeness (QED) is 0.458. The molecular weight excluding hydrogens is 519 g/mol. The minimum atomic E-state index is -1.17. The third kappa shape index (κ3) is 5.04. The zero-order chi connectivity index (χ0) is 22.5. The fraction of sp³-hybridized carbons (Fsp3) is 0.250. The zero-order valence-electron chi connectivity index (χ0n) is 18.2. The molecule has 8 nitrogen and oxygen atoms in total. The summed E-state index contributed by atoms with van der Waals surface area (Å²) in [5.74, 6) is 2.67. The normalized spacial score (nSPS) is 15.8. The number of fused-ring (bicyclic) bond motifs is 1. The summed E-state index contributed by atoms with van der Waals surface area (Å²) in [7, 11) is 0. The van der Waals surface area contributed by atoms with Crippen molar-refractivity contribution in [3.05, 3.63) is 70.0 Å². The van der Waals surface area contributed by atoms with Crippen molar-refractivity contribution in [1.82, 2.24) is 15.0 Å². The van der Waals surface area contributed by atoms with Gasteiger partial charge in [-0.2, -0.15) is 0 Å². The first-order valence-electron chi connectivity index (χ1n) is 11.0. The SMILES string of the molecule is N=C/C(=[CH]\[In][c]1ccccc1)N1CCc2c(Oc3cccnc3)nc(N3CCOCC3)nc21. The minimum absolute atomic E-state index is 0.561. The molecule has 1 saturated heterocycles. The van der Waals surface area contributed by atoms with Crippen LogP contribution < -0.4 is 17.9 Å². The van der Waals surface area contributed by atoms with Gasteiger partial charge in [0.25, 0.3) is 0 Å². The van der Waals surface area contributed by atoms with Crippen LogP contribution in [0.2, 0.25) is 0 Å². The number of nitrogens with zero attached hydrogens (tertiary/aromatic N) is 5. The molecule has 0 atom stereocenters. The Morgan fingerprint density at radius 3 is 2.67 bits per heavy atom. The van der Waals surface area contributed by atoms with Crippen molar-refractivity contribution in [1.29, 1.82) is 5.41 Å². The third-order valence-electron chi connectivity index (χ3n) is 5.63. The van der Waals surface area contributed by atoms with E-state index in [0.717, 1.165) is 43.1 Å². The van der Waals surface area contributed by atoms with E-state index >= 15 is 0 Å². The van der Waals surface area contributed by atoms with Crippen molar-refractivity contribution in [2.45, 2.75) is 6.42 Å². The number of hydrogen-bond donors (Lipinski definition) is 1. The molecule has 2 aliphatic rings. The molecule has 5 rings (SSSR count). The fourth-order valence-corrected chi connectivity index (χ4v) is 7.03. The van der Waals surface area contributed by atoms with Crippen LogP contribution in [0.4, 0.5) is 11.8 Å². The molecule has 0 aliphatic carbocycles. The van der Waals surface area contributed by atoms with E-state index in [-0.39, 0.29) is 0 Å². The van der Waals surface area contributed by atoms with E-state index < -0.39 is 22.9 Å². The molecule has 2 aromatic heterocycles. The van der Waals surface area contributed by atoms with Gasteiger partial charge in [0, 0.05) is 0 Å². The first-order chi connectivity index (χ1) is 16.3. The van der Waals surface area contributed by atoms with Crippen LogP contribution in [0, 0.1) is 5.41 Å². The molecule has 0 bridgehead atoms. The van der Waals surface area contributed by atoms with Gasteiger partial charge in [-0.05, 0) is 0 Å². The Morgan fingerprint density at radius 1 is 1.06 bits per heavy atom. The van der Waals surface area contributed by atoms with Crippen molar-refractivity contribution in [2.75, 3.05) is 42.6 Å². The number of ether oxygens (including phenoxy) is 2. The fourth-order valence-electron chi connectivity index (χ4n) is 3.93. The summed E-state index contributed by atoms with van der Waals surface area (Å²) in [5.41, 5.74) is 1.87. The molecule has 1 fully saturated rings. The third-order valence-corrected chi connectivity index (χ3v) is 9.27. The van der Waals surface area contributed by atoms with E-state index in [1.165, 1.54) is 9.53 Å². The Hall–Kier alpha value is -2.91. The summed E-state index contributed by atoms with van der Waals surface area (Å²) < 4.78 is 15.4. The molecule has 9 heteroatoms. The van der Waals surface area contributed by atoms with Gasteiger partial charge in [0.2, 0.25) is 0 Å². The molecule has 0 unspecified atom stereocenters. The standard InChI is InChI=1S/C18H19N6O2.C6H5.In/c1-13(11-19)24-6-4-15-16(24)21-18(23-7-9-25-10-8-23)22-17(15)26-14-3-2-5-20-12-14;1-2-4-6-5-3-1;/h1-3,5,11-12,19H,4,6-10H2;1-5H;. The van der Waals surface area contributed by atoms with Gasteiger partial charge in [-0.15, -0.1) is 0 Å². The second-order valence-corrected chi connectivity index (χ2v) is 11.5. The Bertz CT molecular complexity index is 1140. The zero-order valence-corrected chi connectivity index (χ0v) is 21.5. The molecule has 0 saturated carbocycles. The van der Waals surface area contributed by atoms with Gasteiger partial charge in [0.05, 0.1) is 0 Å². The van der Waals surface area contributed by atoms with E-state index in [1.54, 1.807) is 12.4 Å². The van der Waals surface area contributed by atoms with Crippen LogP contribution in [0.25, 0.3) is 0 Å². The molecule has 2 aliphatic heterocycles. The Kier molecular flexibility index (Phi) is 6.87. The summed E-state index contributed by atoms with van der Waals surface area (Å²) >= 11 is -1.17. The van der Waals surface area contributed by atoms with E-state index in [0.29, 0.717) is 30.8 Å². The van der Waals surface area contributed by atoms with Crippen LogP contribution in [0.5, 0.6) is 11.6 Å². The summed E-state index contributed by atoms with van der Waals surface area (Å²) in [5, 5.41) is 8.10. The first-order valence-corrected chi connectivity index (χ1v) is 14.6. The number of pyridine rings is 1. The molecule has 0 spiro atoms. The second kappa shape index (κ2) is 10.4. The van der Waals surface area contributed by atoms with Crippen LogP contribution in [0.15, 0.2) is 64.4 Å². The second-order valence-electron chi connectivity index (χ2n) is 7.74. The molecule has 0 amide bonds. The summed E-state index contributed by atoms with van der Waals surface area (Å²) in [6.45, 7) is 3.53. The van der Waals surface area contributed by atoms with Crippen molar-refractivity contribution in [3.8, 4) is 11.6 Å². The van der Waals surface area contributed by atoms with Gasteiger partial charge >= 0.3 is 205 Å². The van der Waals surface area contributed by atoms with Crippen molar-refractivity contribution in [3.63, 3.8) is 0 Å². The molecule has 1 radical (unpaired) electrons. The maximum atomic E-state index is 8.10.